The Morgan fingerprint density at radius 1 is 1.10 bits per heavy atom. The molecule has 5 nitrogen and oxygen atoms in total. The number of hydrogen-bond acceptors (Lipinski definition) is 3. The molecule has 1 atom stereocenters. The molecule has 0 aliphatic carbocycles. The van der Waals surface area contributed by atoms with Crippen molar-refractivity contribution in [3.8, 4) is 5.75 Å². The first-order chi connectivity index (χ1) is 14.5. The first-order valence-electron chi connectivity index (χ1n) is 9.63. The Hall–Kier alpha value is -3.67. The van der Waals surface area contributed by atoms with Crippen molar-refractivity contribution in [1.82, 2.24) is 4.90 Å². The van der Waals surface area contributed by atoms with E-state index in [1.807, 2.05) is 18.2 Å². The maximum absolute atomic E-state index is 13.5. The van der Waals surface area contributed by atoms with Crippen LogP contribution >= 0.6 is 0 Å². The van der Waals surface area contributed by atoms with Crippen LogP contribution in [0.2, 0.25) is 0 Å². The summed E-state index contributed by atoms with van der Waals surface area (Å²) in [6.07, 6.45) is 0.0442. The highest BCUT2D eigenvalue weighted by atomic mass is 19.1. The average molecular weight is 404 g/mol. The molecule has 3 aromatic rings. The molecule has 152 valence electrons. The minimum Gasteiger partial charge on any atom is -0.497 e. The molecule has 0 radical (unpaired) electrons. The first kappa shape index (κ1) is 19.6. The van der Waals surface area contributed by atoms with Crippen molar-refractivity contribution in [3.05, 3.63) is 95.3 Å². The number of halogens is 1. The van der Waals surface area contributed by atoms with E-state index in [0.29, 0.717) is 29.1 Å². The van der Waals surface area contributed by atoms with E-state index < -0.39 is 6.04 Å². The average Bonchev–Trinajstić information content (AvgIpc) is 3.09. The van der Waals surface area contributed by atoms with Gasteiger partial charge in [-0.2, -0.15) is 0 Å². The first-order valence-corrected chi connectivity index (χ1v) is 9.63. The Kier molecular flexibility index (Phi) is 5.48. The lowest BCUT2D eigenvalue weighted by Gasteiger charge is -2.28. The molecule has 0 aromatic heterocycles. The van der Waals surface area contributed by atoms with Gasteiger partial charge in [-0.15, -0.1) is 0 Å². The molecule has 1 aliphatic rings. The fourth-order valence-electron chi connectivity index (χ4n) is 3.71. The van der Waals surface area contributed by atoms with Crippen LogP contribution < -0.4 is 10.1 Å². The van der Waals surface area contributed by atoms with E-state index >= 15 is 0 Å². The van der Waals surface area contributed by atoms with E-state index in [-0.39, 0.29) is 24.1 Å². The van der Waals surface area contributed by atoms with Gasteiger partial charge in [0.1, 0.15) is 11.6 Å². The van der Waals surface area contributed by atoms with E-state index in [0.717, 1.165) is 5.56 Å². The highest BCUT2D eigenvalue weighted by molar-refractivity contribution is 5.99. The Labute approximate surface area is 174 Å². The van der Waals surface area contributed by atoms with E-state index in [9.17, 15) is 14.0 Å². The number of nitrogens with one attached hydrogen (secondary N) is 1. The Balaban J connectivity index is 1.59. The summed E-state index contributed by atoms with van der Waals surface area (Å²) in [6, 6.07) is 19.9. The largest absolute Gasteiger partial charge is 0.497 e. The maximum Gasteiger partial charge on any atom is 0.255 e. The summed E-state index contributed by atoms with van der Waals surface area (Å²) in [5, 5.41) is 2.86. The predicted octanol–water partition coefficient (Wildman–Crippen LogP) is 4.56. The molecular weight excluding hydrogens is 383 g/mol. The van der Waals surface area contributed by atoms with Gasteiger partial charge < -0.3 is 15.0 Å². The van der Waals surface area contributed by atoms with Crippen molar-refractivity contribution < 1.29 is 18.7 Å². The fourth-order valence-corrected chi connectivity index (χ4v) is 3.71. The van der Waals surface area contributed by atoms with Gasteiger partial charge in [0.25, 0.3) is 5.91 Å². The van der Waals surface area contributed by atoms with Crippen LogP contribution in [0.15, 0.2) is 72.8 Å². The fraction of sp³-hybridized carbons (Fsp3) is 0.167. The van der Waals surface area contributed by atoms with Gasteiger partial charge in [-0.05, 0) is 41.5 Å². The molecule has 0 saturated carbocycles. The summed E-state index contributed by atoms with van der Waals surface area (Å²) in [5.41, 5.74) is 2.87. The minimum atomic E-state index is -0.517. The van der Waals surface area contributed by atoms with E-state index in [1.165, 1.54) is 12.1 Å². The zero-order valence-electron chi connectivity index (χ0n) is 16.5. The number of rotatable bonds is 6. The molecule has 0 spiro atoms. The highest BCUT2D eigenvalue weighted by Crippen LogP contribution is 2.34. The molecular formula is C24H21FN2O3. The second kappa shape index (κ2) is 8.37. The monoisotopic (exact) mass is 404 g/mol. The van der Waals surface area contributed by atoms with Crippen LogP contribution in [0.25, 0.3) is 0 Å². The summed E-state index contributed by atoms with van der Waals surface area (Å²) in [7, 11) is 1.56. The number of benzene rings is 3. The van der Waals surface area contributed by atoms with Crippen LogP contribution in [0.1, 0.15) is 33.9 Å². The van der Waals surface area contributed by atoms with Crippen LogP contribution in [0, 0.1) is 5.82 Å². The van der Waals surface area contributed by atoms with Gasteiger partial charge in [0.15, 0.2) is 0 Å². The van der Waals surface area contributed by atoms with Gasteiger partial charge in [-0.3, -0.25) is 9.59 Å². The summed E-state index contributed by atoms with van der Waals surface area (Å²) in [6.45, 7) is 0.406. The number of methoxy groups -OCH3 is 1. The smallest absolute Gasteiger partial charge is 0.255 e. The molecule has 6 heteroatoms. The number of anilines is 1. The van der Waals surface area contributed by atoms with Crippen LogP contribution in [0.3, 0.4) is 0 Å². The third kappa shape index (κ3) is 4.03. The molecule has 1 aliphatic heterocycles. The van der Waals surface area contributed by atoms with E-state index in [2.05, 4.69) is 5.32 Å². The van der Waals surface area contributed by atoms with Crippen LogP contribution in [0.4, 0.5) is 10.1 Å². The SMILES string of the molecule is COc1cccc(NC(=O)CC(c2ccc(F)cc2)N2Cc3ccccc3C2=O)c1. The number of nitrogens with zero attached hydrogens (tertiary/aromatic N) is 1. The summed E-state index contributed by atoms with van der Waals surface area (Å²) in [5.74, 6) is -0.113. The van der Waals surface area contributed by atoms with Gasteiger partial charge in [0.05, 0.1) is 19.6 Å². The molecule has 1 heterocycles. The Morgan fingerprint density at radius 2 is 1.87 bits per heavy atom. The summed E-state index contributed by atoms with van der Waals surface area (Å²) >= 11 is 0. The van der Waals surface area contributed by atoms with Crippen molar-refractivity contribution in [1.29, 1.82) is 0 Å². The van der Waals surface area contributed by atoms with E-state index in [4.69, 9.17) is 4.74 Å². The molecule has 0 fully saturated rings. The second-order valence-electron chi connectivity index (χ2n) is 7.14. The Morgan fingerprint density at radius 3 is 2.60 bits per heavy atom. The van der Waals surface area contributed by atoms with Gasteiger partial charge in [0.2, 0.25) is 5.91 Å². The van der Waals surface area contributed by atoms with Crippen molar-refractivity contribution in [3.63, 3.8) is 0 Å². The standard InChI is InChI=1S/C24H21FN2O3/c1-30-20-7-4-6-19(13-20)26-23(28)14-22(16-9-11-18(25)12-10-16)27-15-17-5-2-3-8-21(17)24(27)29/h2-13,22H,14-15H2,1H3,(H,26,28). The van der Waals surface area contributed by atoms with Crippen molar-refractivity contribution >= 4 is 17.5 Å². The second-order valence-corrected chi connectivity index (χ2v) is 7.14. The number of amides is 2. The van der Waals surface area contributed by atoms with Gasteiger partial charge >= 0.3 is 0 Å². The van der Waals surface area contributed by atoms with Gasteiger partial charge in [-0.25, -0.2) is 4.39 Å². The van der Waals surface area contributed by atoms with Crippen LogP contribution in [0.5, 0.6) is 5.75 Å². The number of hydrogen-bond donors (Lipinski definition) is 1. The molecule has 0 bridgehead atoms. The van der Waals surface area contributed by atoms with Crippen LogP contribution in [-0.4, -0.2) is 23.8 Å². The lowest BCUT2D eigenvalue weighted by molar-refractivity contribution is -0.117. The summed E-state index contributed by atoms with van der Waals surface area (Å²) < 4.78 is 18.7. The van der Waals surface area contributed by atoms with Crippen molar-refractivity contribution in [2.24, 2.45) is 0 Å². The van der Waals surface area contributed by atoms with Crippen molar-refractivity contribution in [2.75, 3.05) is 12.4 Å². The van der Waals surface area contributed by atoms with Crippen LogP contribution in [-0.2, 0) is 11.3 Å². The minimum absolute atomic E-state index is 0.0442. The number of ether oxygens (including phenoxy) is 1. The third-order valence-corrected chi connectivity index (χ3v) is 5.21. The lowest BCUT2D eigenvalue weighted by Crippen LogP contribution is -2.32. The molecule has 2 amide bonds. The number of fused-ring (bicyclic) bond motifs is 1. The molecule has 3 aromatic carbocycles. The zero-order chi connectivity index (χ0) is 21.1. The normalized spacial score (nSPS) is 13.7. The molecule has 30 heavy (non-hydrogen) atoms. The lowest BCUT2D eigenvalue weighted by atomic mass is 10.0. The zero-order valence-corrected chi connectivity index (χ0v) is 16.5. The summed E-state index contributed by atoms with van der Waals surface area (Å²) in [4.78, 5) is 27.5. The number of carbonyl (C=O) groups excluding carboxylic acids is 2. The predicted molar refractivity (Wildman–Crippen MR) is 112 cm³/mol. The Bertz CT molecular complexity index is 1080. The van der Waals surface area contributed by atoms with Gasteiger partial charge in [0, 0.05) is 23.9 Å². The number of carbonyl (C=O) groups is 2. The molecule has 4 rings (SSSR count). The topological polar surface area (TPSA) is 58.6 Å². The van der Waals surface area contributed by atoms with Gasteiger partial charge in [-0.1, -0.05) is 36.4 Å². The van der Waals surface area contributed by atoms with E-state index in [1.54, 1.807) is 54.5 Å². The maximum atomic E-state index is 13.5. The molecule has 0 saturated heterocycles. The molecule has 1 N–H and O–H groups in total. The third-order valence-electron chi connectivity index (χ3n) is 5.21. The highest BCUT2D eigenvalue weighted by Gasteiger charge is 2.34. The van der Waals surface area contributed by atoms with Crippen molar-refractivity contribution in [2.45, 2.75) is 19.0 Å². The quantitative estimate of drug-likeness (QED) is 0.655. The molecule has 1 unspecified atom stereocenters.